The van der Waals surface area contributed by atoms with Crippen LogP contribution < -0.4 is 5.43 Å². The van der Waals surface area contributed by atoms with E-state index < -0.39 is 6.09 Å². The summed E-state index contributed by atoms with van der Waals surface area (Å²) in [6.45, 7) is 1.92. The van der Waals surface area contributed by atoms with Gasteiger partial charge in [-0.25, -0.2) is 10.2 Å². The molecule has 1 amide bonds. The number of ketones is 1. The molecule has 7 heteroatoms. The summed E-state index contributed by atoms with van der Waals surface area (Å²) in [6, 6.07) is 7.80. The number of halogens is 2. The fourth-order valence-corrected chi connectivity index (χ4v) is 2.23. The van der Waals surface area contributed by atoms with Gasteiger partial charge in [-0.3, -0.25) is 9.47 Å². The molecule has 0 saturated heterocycles. The fourth-order valence-electron chi connectivity index (χ4n) is 1.74. The van der Waals surface area contributed by atoms with Crippen LogP contribution in [0, 0.1) is 0 Å². The van der Waals surface area contributed by atoms with Crippen molar-refractivity contribution < 1.29 is 14.3 Å². The van der Waals surface area contributed by atoms with E-state index in [1.165, 1.54) is 23.0 Å². The van der Waals surface area contributed by atoms with Crippen LogP contribution in [-0.2, 0) is 4.74 Å². The Labute approximate surface area is 131 Å². The van der Waals surface area contributed by atoms with Crippen LogP contribution in [0.3, 0.4) is 0 Å². The summed E-state index contributed by atoms with van der Waals surface area (Å²) in [6.07, 6.45) is 0.887. The van der Waals surface area contributed by atoms with Crippen molar-refractivity contribution in [1.29, 1.82) is 0 Å². The molecular weight excluding hydrogens is 315 g/mol. The van der Waals surface area contributed by atoms with Crippen LogP contribution in [0.2, 0.25) is 10.0 Å². The minimum atomic E-state index is -0.648. The molecule has 1 aromatic carbocycles. The molecule has 0 bridgehead atoms. The molecule has 0 radical (unpaired) electrons. The van der Waals surface area contributed by atoms with Gasteiger partial charge in [-0.15, -0.1) is 0 Å². The molecule has 0 saturated carbocycles. The average molecular weight is 327 g/mol. The van der Waals surface area contributed by atoms with Crippen molar-refractivity contribution in [3.63, 3.8) is 0 Å². The molecule has 0 fully saturated rings. The summed E-state index contributed by atoms with van der Waals surface area (Å²) >= 11 is 11.8. The third kappa shape index (κ3) is 3.56. The van der Waals surface area contributed by atoms with Crippen molar-refractivity contribution in [3.8, 4) is 0 Å². The Balaban J connectivity index is 2.28. The fraction of sp³-hybridized carbons (Fsp3) is 0.143. The van der Waals surface area contributed by atoms with E-state index in [1.807, 2.05) is 0 Å². The molecule has 0 aliphatic heterocycles. The lowest BCUT2D eigenvalue weighted by molar-refractivity contribution is 0.103. The van der Waals surface area contributed by atoms with Gasteiger partial charge in [-0.05, 0) is 37.3 Å². The second kappa shape index (κ2) is 6.65. The molecule has 2 aromatic rings. The van der Waals surface area contributed by atoms with E-state index in [9.17, 15) is 9.59 Å². The molecular formula is C14H12Cl2N2O3. The molecule has 0 aliphatic rings. The number of rotatable bonds is 4. The highest BCUT2D eigenvalue weighted by Crippen LogP contribution is 2.23. The predicted octanol–water partition coefficient (Wildman–Crippen LogP) is 3.73. The smallest absolute Gasteiger partial charge is 0.426 e. The zero-order chi connectivity index (χ0) is 15.4. The normalized spacial score (nSPS) is 10.2. The van der Waals surface area contributed by atoms with Gasteiger partial charge in [-0.1, -0.05) is 23.2 Å². The standard InChI is InChI=1S/C14H12Cl2N2O3/c1-2-21-14(20)17-18-7-3-4-12(18)13(19)10-6-5-9(15)8-11(10)16/h3-8H,2H2,1H3,(H,17,20). The summed E-state index contributed by atoms with van der Waals surface area (Å²) in [7, 11) is 0. The van der Waals surface area contributed by atoms with Crippen LogP contribution in [0.1, 0.15) is 23.0 Å². The quantitative estimate of drug-likeness (QED) is 0.871. The van der Waals surface area contributed by atoms with E-state index in [4.69, 9.17) is 27.9 Å². The highest BCUT2D eigenvalue weighted by atomic mass is 35.5. The maximum absolute atomic E-state index is 12.5. The van der Waals surface area contributed by atoms with Gasteiger partial charge in [0.2, 0.25) is 5.78 Å². The minimum absolute atomic E-state index is 0.236. The van der Waals surface area contributed by atoms with Crippen molar-refractivity contribution in [1.82, 2.24) is 4.68 Å². The van der Waals surface area contributed by atoms with Gasteiger partial charge in [0.1, 0.15) is 5.69 Å². The second-order valence-corrected chi connectivity index (χ2v) is 4.89. The number of nitrogens with zero attached hydrogens (tertiary/aromatic N) is 1. The lowest BCUT2D eigenvalue weighted by Crippen LogP contribution is -2.26. The average Bonchev–Trinajstić information content (AvgIpc) is 2.86. The largest absolute Gasteiger partial charge is 0.449 e. The van der Waals surface area contributed by atoms with Crippen LogP contribution in [0.5, 0.6) is 0 Å². The Morgan fingerprint density at radius 2 is 2.05 bits per heavy atom. The van der Waals surface area contributed by atoms with E-state index in [-0.39, 0.29) is 23.1 Å². The lowest BCUT2D eigenvalue weighted by atomic mass is 10.1. The maximum Gasteiger partial charge on any atom is 0.426 e. The first-order valence-corrected chi connectivity index (χ1v) is 6.89. The van der Waals surface area contributed by atoms with Gasteiger partial charge in [0, 0.05) is 16.8 Å². The molecule has 0 atom stereocenters. The number of benzene rings is 1. The Bertz CT molecular complexity index is 683. The molecule has 21 heavy (non-hydrogen) atoms. The van der Waals surface area contributed by atoms with E-state index in [1.54, 1.807) is 25.1 Å². The molecule has 1 aromatic heterocycles. The van der Waals surface area contributed by atoms with E-state index in [0.29, 0.717) is 10.6 Å². The SMILES string of the molecule is CCOC(=O)Nn1cccc1C(=O)c1ccc(Cl)cc1Cl. The first-order valence-electron chi connectivity index (χ1n) is 6.13. The predicted molar refractivity (Wildman–Crippen MR) is 80.7 cm³/mol. The molecule has 0 aliphatic carbocycles. The third-order valence-corrected chi connectivity index (χ3v) is 3.19. The number of hydrogen-bond donors (Lipinski definition) is 1. The highest BCUT2D eigenvalue weighted by molar-refractivity contribution is 6.37. The first-order chi connectivity index (χ1) is 10.0. The summed E-state index contributed by atoms with van der Waals surface area (Å²) in [5.41, 5.74) is 2.99. The van der Waals surface area contributed by atoms with Crippen LogP contribution in [-0.4, -0.2) is 23.2 Å². The number of nitrogens with one attached hydrogen (secondary N) is 1. The van der Waals surface area contributed by atoms with E-state index in [2.05, 4.69) is 5.43 Å². The zero-order valence-corrected chi connectivity index (χ0v) is 12.6. The Hall–Kier alpha value is -1.98. The van der Waals surface area contributed by atoms with Crippen molar-refractivity contribution in [2.24, 2.45) is 0 Å². The maximum atomic E-state index is 12.5. The summed E-state index contributed by atoms with van der Waals surface area (Å²) in [5.74, 6) is -0.335. The summed E-state index contributed by atoms with van der Waals surface area (Å²) in [4.78, 5) is 23.9. The minimum Gasteiger partial charge on any atom is -0.449 e. The Morgan fingerprint density at radius 3 is 2.71 bits per heavy atom. The molecule has 0 unspecified atom stereocenters. The van der Waals surface area contributed by atoms with Crippen molar-refractivity contribution >= 4 is 35.1 Å². The number of ether oxygens (including phenoxy) is 1. The van der Waals surface area contributed by atoms with Gasteiger partial charge in [-0.2, -0.15) is 0 Å². The van der Waals surface area contributed by atoms with E-state index >= 15 is 0 Å². The van der Waals surface area contributed by atoms with E-state index in [0.717, 1.165) is 0 Å². The molecule has 1 N–H and O–H groups in total. The number of carbonyl (C=O) groups excluding carboxylic acids is 2. The van der Waals surface area contributed by atoms with Crippen LogP contribution in [0.25, 0.3) is 0 Å². The Morgan fingerprint density at radius 1 is 1.29 bits per heavy atom. The first kappa shape index (κ1) is 15.4. The molecule has 2 rings (SSSR count). The number of amides is 1. The molecule has 1 heterocycles. The number of hydrogen-bond acceptors (Lipinski definition) is 3. The van der Waals surface area contributed by atoms with Crippen molar-refractivity contribution in [3.05, 3.63) is 57.8 Å². The van der Waals surface area contributed by atoms with Gasteiger partial charge in [0.15, 0.2) is 0 Å². The van der Waals surface area contributed by atoms with Gasteiger partial charge >= 0.3 is 6.09 Å². The number of aromatic nitrogens is 1. The third-order valence-electron chi connectivity index (χ3n) is 2.64. The molecule has 110 valence electrons. The van der Waals surface area contributed by atoms with Gasteiger partial charge in [0.05, 0.1) is 11.6 Å². The molecule has 0 spiro atoms. The summed E-state index contributed by atoms with van der Waals surface area (Å²) < 4.78 is 6.05. The lowest BCUT2D eigenvalue weighted by Gasteiger charge is -2.10. The molecule has 5 nitrogen and oxygen atoms in total. The zero-order valence-electron chi connectivity index (χ0n) is 11.1. The Kier molecular flexibility index (Phi) is 4.88. The highest BCUT2D eigenvalue weighted by Gasteiger charge is 2.17. The number of carbonyl (C=O) groups is 2. The van der Waals surface area contributed by atoms with Gasteiger partial charge in [0.25, 0.3) is 0 Å². The second-order valence-electron chi connectivity index (χ2n) is 4.05. The van der Waals surface area contributed by atoms with Crippen LogP contribution >= 0.6 is 23.2 Å². The topological polar surface area (TPSA) is 60.3 Å². The van der Waals surface area contributed by atoms with Gasteiger partial charge < -0.3 is 4.74 Å². The summed E-state index contributed by atoms with van der Waals surface area (Å²) in [5, 5.41) is 0.688. The van der Waals surface area contributed by atoms with Crippen molar-refractivity contribution in [2.75, 3.05) is 12.0 Å². The monoisotopic (exact) mass is 326 g/mol. The van der Waals surface area contributed by atoms with Crippen molar-refractivity contribution in [2.45, 2.75) is 6.92 Å². The van der Waals surface area contributed by atoms with Crippen LogP contribution in [0.4, 0.5) is 4.79 Å². The van der Waals surface area contributed by atoms with Crippen LogP contribution in [0.15, 0.2) is 36.5 Å².